The molecule has 3 rings (SSSR count). The third-order valence-corrected chi connectivity index (χ3v) is 7.88. The number of sulfonamides is 1. The summed E-state index contributed by atoms with van der Waals surface area (Å²) in [7, 11) is 0.750. The van der Waals surface area contributed by atoms with Gasteiger partial charge in [0.15, 0.2) is 11.5 Å². The molecule has 0 unspecified atom stereocenters. The SMILES string of the molecule is COc1ccc(CCNC(=O)[C@@H](Cc2ccccc2)N(Cc2ccc(F)cc2)C(=O)CN(C)S(C)(=O)=O)cc1OC. The molecule has 3 aromatic rings. The fraction of sp³-hybridized carbons (Fsp3) is 0.333. The molecule has 0 radical (unpaired) electrons. The lowest BCUT2D eigenvalue weighted by molar-refractivity contribution is -0.141. The monoisotopic (exact) mass is 585 g/mol. The van der Waals surface area contributed by atoms with Crippen molar-refractivity contribution in [1.82, 2.24) is 14.5 Å². The number of hydrogen-bond acceptors (Lipinski definition) is 6. The van der Waals surface area contributed by atoms with Crippen molar-refractivity contribution in [3.63, 3.8) is 0 Å². The lowest BCUT2D eigenvalue weighted by Crippen LogP contribution is -2.53. The number of nitrogens with zero attached hydrogens (tertiary/aromatic N) is 2. The van der Waals surface area contributed by atoms with Crippen molar-refractivity contribution in [3.05, 3.63) is 95.3 Å². The highest BCUT2D eigenvalue weighted by Gasteiger charge is 2.31. The van der Waals surface area contributed by atoms with Crippen LogP contribution in [0.3, 0.4) is 0 Å². The molecular formula is C30H36FN3O6S. The van der Waals surface area contributed by atoms with Crippen LogP contribution in [0, 0.1) is 5.82 Å². The van der Waals surface area contributed by atoms with Crippen LogP contribution in [0.25, 0.3) is 0 Å². The highest BCUT2D eigenvalue weighted by Crippen LogP contribution is 2.27. The van der Waals surface area contributed by atoms with Crippen LogP contribution in [0.2, 0.25) is 0 Å². The summed E-state index contributed by atoms with van der Waals surface area (Å²) in [5, 5.41) is 2.93. The van der Waals surface area contributed by atoms with E-state index in [9.17, 15) is 22.4 Å². The summed E-state index contributed by atoms with van der Waals surface area (Å²) in [6.45, 7) is -0.191. The molecule has 0 aliphatic carbocycles. The van der Waals surface area contributed by atoms with Gasteiger partial charge in [-0.25, -0.2) is 12.8 Å². The first-order valence-corrected chi connectivity index (χ1v) is 14.8. The zero-order valence-corrected chi connectivity index (χ0v) is 24.5. The topological polar surface area (TPSA) is 105 Å². The molecule has 0 aromatic heterocycles. The molecule has 1 atom stereocenters. The van der Waals surface area contributed by atoms with Gasteiger partial charge in [-0.1, -0.05) is 48.5 Å². The van der Waals surface area contributed by atoms with Gasteiger partial charge in [0.1, 0.15) is 11.9 Å². The van der Waals surface area contributed by atoms with Crippen molar-refractivity contribution in [2.45, 2.75) is 25.4 Å². The molecule has 0 bridgehead atoms. The Morgan fingerprint density at radius 3 is 2.15 bits per heavy atom. The van der Waals surface area contributed by atoms with Crippen molar-refractivity contribution < 1.29 is 31.9 Å². The van der Waals surface area contributed by atoms with Crippen LogP contribution in [-0.2, 0) is 39.0 Å². The number of carbonyl (C=O) groups is 2. The molecule has 0 fully saturated rings. The molecule has 3 aromatic carbocycles. The zero-order chi connectivity index (χ0) is 30.0. The van der Waals surface area contributed by atoms with Gasteiger partial charge in [-0.2, -0.15) is 4.31 Å². The number of likely N-dealkylation sites (N-methyl/N-ethyl adjacent to an activating group) is 1. The highest BCUT2D eigenvalue weighted by molar-refractivity contribution is 7.88. The lowest BCUT2D eigenvalue weighted by Gasteiger charge is -2.32. The van der Waals surface area contributed by atoms with E-state index in [0.29, 0.717) is 23.5 Å². The van der Waals surface area contributed by atoms with Crippen molar-refractivity contribution >= 4 is 21.8 Å². The van der Waals surface area contributed by atoms with E-state index in [-0.39, 0.29) is 19.5 Å². The summed E-state index contributed by atoms with van der Waals surface area (Å²) >= 11 is 0. The maximum atomic E-state index is 13.7. The molecule has 0 saturated carbocycles. The van der Waals surface area contributed by atoms with E-state index in [4.69, 9.17) is 9.47 Å². The van der Waals surface area contributed by atoms with Gasteiger partial charge in [0.05, 0.1) is 27.0 Å². The molecule has 0 aliphatic rings. The number of ether oxygens (including phenoxy) is 2. The number of carbonyl (C=O) groups excluding carboxylic acids is 2. The highest BCUT2D eigenvalue weighted by atomic mass is 32.2. The van der Waals surface area contributed by atoms with E-state index in [2.05, 4.69) is 5.32 Å². The Hall–Kier alpha value is -3.96. The zero-order valence-electron chi connectivity index (χ0n) is 23.7. The summed E-state index contributed by atoms with van der Waals surface area (Å²) < 4.78 is 49.3. The van der Waals surface area contributed by atoms with Gasteiger partial charge >= 0.3 is 0 Å². The van der Waals surface area contributed by atoms with Crippen molar-refractivity contribution in [2.24, 2.45) is 0 Å². The first kappa shape index (κ1) is 31.6. The van der Waals surface area contributed by atoms with Crippen molar-refractivity contribution in [1.29, 1.82) is 0 Å². The minimum Gasteiger partial charge on any atom is -0.493 e. The molecule has 220 valence electrons. The Labute approximate surface area is 240 Å². The molecule has 9 nitrogen and oxygen atoms in total. The van der Waals surface area contributed by atoms with Crippen LogP contribution >= 0.6 is 0 Å². The Bertz CT molecular complexity index is 1420. The van der Waals surface area contributed by atoms with Crippen molar-refractivity contribution in [2.75, 3.05) is 40.6 Å². The number of nitrogens with one attached hydrogen (secondary N) is 1. The second-order valence-electron chi connectivity index (χ2n) is 9.60. The van der Waals surface area contributed by atoms with Crippen LogP contribution in [0.1, 0.15) is 16.7 Å². The average Bonchev–Trinajstić information content (AvgIpc) is 2.95. The molecule has 41 heavy (non-hydrogen) atoms. The summed E-state index contributed by atoms with van der Waals surface area (Å²) in [4.78, 5) is 28.6. The van der Waals surface area contributed by atoms with Crippen molar-refractivity contribution in [3.8, 4) is 11.5 Å². The largest absolute Gasteiger partial charge is 0.493 e. The average molecular weight is 586 g/mol. The van der Waals surface area contributed by atoms with E-state index in [1.807, 2.05) is 42.5 Å². The van der Waals surface area contributed by atoms with Gasteiger partial charge in [-0.3, -0.25) is 9.59 Å². The van der Waals surface area contributed by atoms with Gasteiger partial charge in [-0.05, 0) is 47.4 Å². The predicted molar refractivity (Wildman–Crippen MR) is 155 cm³/mol. The Morgan fingerprint density at radius 2 is 1.54 bits per heavy atom. The molecule has 0 heterocycles. The summed E-state index contributed by atoms with van der Waals surface area (Å²) in [6.07, 6.45) is 1.69. The first-order chi connectivity index (χ1) is 19.5. The van der Waals surface area contributed by atoms with Crippen LogP contribution in [0.5, 0.6) is 11.5 Å². The molecule has 0 saturated heterocycles. The maximum Gasteiger partial charge on any atom is 0.243 e. The van der Waals surface area contributed by atoms with Crippen LogP contribution < -0.4 is 14.8 Å². The van der Waals surface area contributed by atoms with E-state index in [1.165, 1.54) is 36.2 Å². The first-order valence-electron chi connectivity index (χ1n) is 13.0. The molecule has 2 amide bonds. The number of halogens is 1. The molecule has 1 N–H and O–H groups in total. The fourth-order valence-electron chi connectivity index (χ4n) is 4.22. The van der Waals surface area contributed by atoms with Crippen LogP contribution in [-0.4, -0.2) is 76.1 Å². The summed E-state index contributed by atoms with van der Waals surface area (Å²) in [5.74, 6) is -0.219. The smallest absolute Gasteiger partial charge is 0.243 e. The predicted octanol–water partition coefficient (Wildman–Crippen LogP) is 3.03. The quantitative estimate of drug-likeness (QED) is 0.312. The normalized spacial score (nSPS) is 12.0. The standard InChI is InChI=1S/C30H36FN3O6S/c1-33(41(4,37)38)21-29(35)34(20-24-10-13-25(31)14-11-24)26(18-22-8-6-5-7-9-22)30(36)32-17-16-23-12-15-27(39-2)28(19-23)40-3/h5-15,19,26H,16-18,20-21H2,1-4H3,(H,32,36)/t26-/m1/s1. The third kappa shape index (κ3) is 9.29. The van der Waals surface area contributed by atoms with Gasteiger partial charge in [-0.15, -0.1) is 0 Å². The number of amides is 2. The van der Waals surface area contributed by atoms with Gasteiger partial charge in [0, 0.05) is 26.6 Å². The minimum absolute atomic E-state index is 0.0166. The summed E-state index contributed by atoms with van der Waals surface area (Å²) in [6, 6.07) is 19.4. The van der Waals surface area contributed by atoms with Crippen LogP contribution in [0.15, 0.2) is 72.8 Å². The van der Waals surface area contributed by atoms with Gasteiger partial charge in [0.25, 0.3) is 0 Å². The minimum atomic E-state index is -3.65. The number of hydrogen-bond donors (Lipinski definition) is 1. The van der Waals surface area contributed by atoms with Gasteiger partial charge in [0.2, 0.25) is 21.8 Å². The van der Waals surface area contributed by atoms with E-state index in [1.54, 1.807) is 20.3 Å². The second-order valence-corrected chi connectivity index (χ2v) is 11.7. The number of benzene rings is 3. The Morgan fingerprint density at radius 1 is 0.902 bits per heavy atom. The van der Waals surface area contributed by atoms with Crippen LogP contribution in [0.4, 0.5) is 4.39 Å². The number of rotatable bonds is 14. The summed E-state index contributed by atoms with van der Waals surface area (Å²) in [5.41, 5.74) is 2.33. The molecule has 0 aliphatic heterocycles. The molecular weight excluding hydrogens is 549 g/mol. The number of methoxy groups -OCH3 is 2. The second kappa shape index (κ2) is 14.6. The molecule has 0 spiro atoms. The maximum absolute atomic E-state index is 13.7. The lowest BCUT2D eigenvalue weighted by atomic mass is 10.0. The Kier molecular flexibility index (Phi) is 11.2. The van der Waals surface area contributed by atoms with E-state index in [0.717, 1.165) is 21.7 Å². The van der Waals surface area contributed by atoms with E-state index < -0.39 is 40.2 Å². The third-order valence-electron chi connectivity index (χ3n) is 6.62. The Balaban J connectivity index is 1.88. The fourth-order valence-corrected chi connectivity index (χ4v) is 4.57. The molecule has 11 heteroatoms. The van der Waals surface area contributed by atoms with Gasteiger partial charge < -0.3 is 19.7 Å². The van der Waals surface area contributed by atoms with E-state index >= 15 is 0 Å².